The number of rotatable bonds is 10. The van der Waals surface area contributed by atoms with Crippen LogP contribution in [0, 0.1) is 11.8 Å². The first kappa shape index (κ1) is 20.7. The van der Waals surface area contributed by atoms with Gasteiger partial charge in [0.15, 0.2) is 0 Å². The molecule has 0 saturated heterocycles. The summed E-state index contributed by atoms with van der Waals surface area (Å²) in [5, 5.41) is 3.06. The lowest BCUT2D eigenvalue weighted by atomic mass is 9.88. The van der Waals surface area contributed by atoms with Crippen molar-refractivity contribution >= 4 is 5.91 Å². The van der Waals surface area contributed by atoms with E-state index in [-0.39, 0.29) is 30.0 Å². The molecular weight excluding hydrogens is 300 g/mol. The fourth-order valence-electron chi connectivity index (χ4n) is 3.18. The minimum absolute atomic E-state index is 0.00378. The highest BCUT2D eigenvalue weighted by Crippen LogP contribution is 2.22. The fourth-order valence-corrected chi connectivity index (χ4v) is 3.18. The minimum Gasteiger partial charge on any atom is -0.380 e. The molecule has 3 N–H and O–H groups in total. The number of nitrogens with one attached hydrogen (secondary N) is 1. The lowest BCUT2D eigenvalue weighted by molar-refractivity contribution is -0.131. The van der Waals surface area contributed by atoms with Crippen LogP contribution in [0.4, 0.5) is 0 Å². The molecule has 0 bridgehead atoms. The van der Waals surface area contributed by atoms with Gasteiger partial charge < -0.3 is 15.8 Å². The average Bonchev–Trinajstić information content (AvgIpc) is 2.60. The van der Waals surface area contributed by atoms with Gasteiger partial charge in [-0.2, -0.15) is 0 Å². The Balaban J connectivity index is 2.64. The Morgan fingerprint density at radius 3 is 2.38 bits per heavy atom. The average molecular weight is 335 g/mol. The third-order valence-electron chi connectivity index (χ3n) is 4.85. The number of nitrogens with two attached hydrogens (primary N) is 1. The van der Waals surface area contributed by atoms with Crippen molar-refractivity contribution < 1.29 is 9.53 Å². The maximum atomic E-state index is 12.6. The monoisotopic (exact) mass is 334 g/mol. The largest absolute Gasteiger partial charge is 0.380 e. The number of benzene rings is 1. The van der Waals surface area contributed by atoms with Gasteiger partial charge >= 0.3 is 0 Å². The topological polar surface area (TPSA) is 64.3 Å². The molecule has 0 aliphatic rings. The lowest BCUT2D eigenvalue weighted by Crippen LogP contribution is -2.46. The van der Waals surface area contributed by atoms with Crippen molar-refractivity contribution in [2.75, 3.05) is 7.11 Å². The molecule has 24 heavy (non-hydrogen) atoms. The Hall–Kier alpha value is -1.39. The second kappa shape index (κ2) is 10.5. The van der Waals surface area contributed by atoms with E-state index in [9.17, 15) is 4.79 Å². The quantitative estimate of drug-likeness (QED) is 0.686. The molecule has 136 valence electrons. The van der Waals surface area contributed by atoms with E-state index in [1.54, 1.807) is 7.11 Å². The Kier molecular flexibility index (Phi) is 9.01. The number of carbonyl (C=O) groups excluding carboxylic acids is 1. The maximum Gasteiger partial charge on any atom is 0.225 e. The molecule has 0 aliphatic carbocycles. The Morgan fingerprint density at radius 1 is 1.21 bits per heavy atom. The summed E-state index contributed by atoms with van der Waals surface area (Å²) < 4.78 is 5.63. The number of methoxy groups -OCH3 is 1. The Bertz CT molecular complexity index is 478. The summed E-state index contributed by atoms with van der Waals surface area (Å²) in [4.78, 5) is 12.6. The number of hydrogen-bond donors (Lipinski definition) is 2. The SMILES string of the molecule is CCCC[C@H](C)[C@H](OC)[C@@H](C)C(=O)N[C@H](C)[C@@H](N)c1ccccc1. The molecule has 1 aromatic carbocycles. The van der Waals surface area contributed by atoms with Gasteiger partial charge in [0, 0.05) is 19.2 Å². The van der Waals surface area contributed by atoms with Gasteiger partial charge in [0.2, 0.25) is 5.91 Å². The van der Waals surface area contributed by atoms with E-state index in [2.05, 4.69) is 19.2 Å². The van der Waals surface area contributed by atoms with Crippen LogP contribution in [-0.4, -0.2) is 25.2 Å². The van der Waals surface area contributed by atoms with E-state index in [0.717, 1.165) is 24.8 Å². The summed E-state index contributed by atoms with van der Waals surface area (Å²) in [5.41, 5.74) is 7.30. The predicted octanol–water partition coefficient (Wildman–Crippen LogP) is 3.67. The molecule has 0 spiro atoms. The van der Waals surface area contributed by atoms with Crippen LogP contribution in [0.5, 0.6) is 0 Å². The van der Waals surface area contributed by atoms with Gasteiger partial charge in [-0.25, -0.2) is 0 Å². The van der Waals surface area contributed by atoms with Gasteiger partial charge in [-0.1, -0.05) is 63.9 Å². The number of ether oxygens (including phenoxy) is 1. The van der Waals surface area contributed by atoms with Gasteiger partial charge in [-0.05, 0) is 24.8 Å². The van der Waals surface area contributed by atoms with Gasteiger partial charge in [0.25, 0.3) is 0 Å². The molecule has 0 fully saturated rings. The third-order valence-corrected chi connectivity index (χ3v) is 4.85. The molecule has 0 aromatic heterocycles. The Labute approximate surface area is 147 Å². The van der Waals surface area contributed by atoms with Gasteiger partial charge in [-0.3, -0.25) is 4.79 Å². The second-order valence-corrected chi connectivity index (χ2v) is 6.84. The summed E-state index contributed by atoms with van der Waals surface area (Å²) in [6.07, 6.45) is 3.32. The summed E-state index contributed by atoms with van der Waals surface area (Å²) in [6.45, 7) is 8.22. The molecule has 0 unspecified atom stereocenters. The molecule has 0 aliphatic heterocycles. The molecule has 1 aromatic rings. The molecule has 1 rings (SSSR count). The smallest absolute Gasteiger partial charge is 0.225 e. The molecule has 5 atom stereocenters. The maximum absolute atomic E-state index is 12.6. The number of amides is 1. The predicted molar refractivity (Wildman–Crippen MR) is 99.6 cm³/mol. The van der Waals surface area contributed by atoms with Crippen LogP contribution in [0.1, 0.15) is 58.6 Å². The van der Waals surface area contributed by atoms with Crippen LogP contribution in [0.2, 0.25) is 0 Å². The van der Waals surface area contributed by atoms with Crippen molar-refractivity contribution in [3.05, 3.63) is 35.9 Å². The van der Waals surface area contributed by atoms with Crippen LogP contribution in [0.25, 0.3) is 0 Å². The molecule has 0 radical (unpaired) electrons. The van der Waals surface area contributed by atoms with E-state index in [1.165, 1.54) is 0 Å². The van der Waals surface area contributed by atoms with Crippen molar-refractivity contribution in [1.82, 2.24) is 5.32 Å². The van der Waals surface area contributed by atoms with E-state index in [4.69, 9.17) is 10.5 Å². The lowest BCUT2D eigenvalue weighted by Gasteiger charge is -2.30. The number of unbranched alkanes of at least 4 members (excludes halogenated alkanes) is 1. The van der Waals surface area contributed by atoms with Crippen LogP contribution in [0.3, 0.4) is 0 Å². The van der Waals surface area contributed by atoms with Crippen molar-refractivity contribution in [3.63, 3.8) is 0 Å². The highest BCUT2D eigenvalue weighted by molar-refractivity contribution is 5.79. The number of hydrogen-bond acceptors (Lipinski definition) is 3. The molecular formula is C20H34N2O2. The van der Waals surface area contributed by atoms with Crippen molar-refractivity contribution in [2.24, 2.45) is 17.6 Å². The first-order chi connectivity index (χ1) is 11.4. The standard InChI is InChI=1S/C20H34N2O2/c1-6-7-11-14(2)19(24-5)15(3)20(23)22-16(4)18(21)17-12-9-8-10-13-17/h8-10,12-16,18-19H,6-7,11,21H2,1-5H3,(H,22,23)/t14-,15+,16+,18+,19-/m0/s1. The molecule has 0 saturated carbocycles. The zero-order valence-electron chi connectivity index (χ0n) is 15.8. The van der Waals surface area contributed by atoms with Gasteiger partial charge in [0.05, 0.1) is 12.0 Å². The summed E-state index contributed by atoms with van der Waals surface area (Å²) in [6, 6.07) is 9.50. The van der Waals surface area contributed by atoms with Crippen LogP contribution in [0.15, 0.2) is 30.3 Å². The van der Waals surface area contributed by atoms with Crippen LogP contribution < -0.4 is 11.1 Å². The van der Waals surface area contributed by atoms with E-state index < -0.39 is 0 Å². The van der Waals surface area contributed by atoms with E-state index >= 15 is 0 Å². The summed E-state index contributed by atoms with van der Waals surface area (Å²) in [5.74, 6) is 0.158. The fraction of sp³-hybridized carbons (Fsp3) is 0.650. The van der Waals surface area contributed by atoms with E-state index in [0.29, 0.717) is 5.92 Å². The number of carbonyl (C=O) groups is 1. The summed E-state index contributed by atoms with van der Waals surface area (Å²) >= 11 is 0. The second-order valence-electron chi connectivity index (χ2n) is 6.84. The Morgan fingerprint density at radius 2 is 1.83 bits per heavy atom. The molecule has 1 amide bonds. The highest BCUT2D eigenvalue weighted by atomic mass is 16.5. The first-order valence-corrected chi connectivity index (χ1v) is 9.06. The van der Waals surface area contributed by atoms with Crippen LogP contribution >= 0.6 is 0 Å². The zero-order chi connectivity index (χ0) is 18.1. The van der Waals surface area contributed by atoms with E-state index in [1.807, 2.05) is 44.2 Å². The molecule has 4 nitrogen and oxygen atoms in total. The third kappa shape index (κ3) is 5.91. The zero-order valence-corrected chi connectivity index (χ0v) is 15.8. The minimum atomic E-state index is -0.221. The molecule has 4 heteroatoms. The first-order valence-electron chi connectivity index (χ1n) is 9.06. The highest BCUT2D eigenvalue weighted by Gasteiger charge is 2.30. The summed E-state index contributed by atoms with van der Waals surface area (Å²) in [7, 11) is 1.69. The van der Waals surface area contributed by atoms with Crippen LogP contribution in [-0.2, 0) is 9.53 Å². The van der Waals surface area contributed by atoms with Gasteiger partial charge in [-0.15, -0.1) is 0 Å². The molecule has 0 heterocycles. The normalized spacial score (nSPS) is 17.6. The van der Waals surface area contributed by atoms with Crippen molar-refractivity contribution in [1.29, 1.82) is 0 Å². The van der Waals surface area contributed by atoms with Gasteiger partial charge in [0.1, 0.15) is 0 Å². The van der Waals surface area contributed by atoms with Crippen molar-refractivity contribution in [2.45, 2.75) is 65.1 Å². The van der Waals surface area contributed by atoms with Crippen molar-refractivity contribution in [3.8, 4) is 0 Å².